The Morgan fingerprint density at radius 1 is 1.29 bits per heavy atom. The molecule has 2 fully saturated rings. The summed E-state index contributed by atoms with van der Waals surface area (Å²) in [5.41, 5.74) is 0. The van der Waals surface area contributed by atoms with Gasteiger partial charge in [0.25, 0.3) is 0 Å². The van der Waals surface area contributed by atoms with Gasteiger partial charge in [-0.05, 0) is 25.2 Å². The summed E-state index contributed by atoms with van der Waals surface area (Å²) in [4.78, 5) is 12.1. The molecular formula is C14H25NO2. The number of carbonyl (C=O) groups excluding carboxylic acids is 1. The monoisotopic (exact) mass is 239 g/mol. The summed E-state index contributed by atoms with van der Waals surface area (Å²) < 4.78 is 5.50. The number of rotatable bonds is 5. The highest BCUT2D eigenvalue weighted by molar-refractivity contribution is 5.81. The molecule has 2 unspecified atom stereocenters. The third-order valence-electron chi connectivity index (χ3n) is 3.91. The number of carbonyl (C=O) groups is 1. The van der Waals surface area contributed by atoms with Crippen LogP contribution in [0.1, 0.15) is 46.0 Å². The molecule has 17 heavy (non-hydrogen) atoms. The molecule has 3 nitrogen and oxygen atoms in total. The maximum absolute atomic E-state index is 12.1. The predicted molar refractivity (Wildman–Crippen MR) is 68.0 cm³/mol. The predicted octanol–water partition coefficient (Wildman–Crippen LogP) is 2.15. The van der Waals surface area contributed by atoms with Gasteiger partial charge in [0.2, 0.25) is 0 Å². The third kappa shape index (κ3) is 3.78. The SMILES string of the molecule is CC(C)CCCC(=O)C1CC2COCC(C1)N2. The number of hydrogen-bond acceptors (Lipinski definition) is 3. The summed E-state index contributed by atoms with van der Waals surface area (Å²) in [7, 11) is 0. The molecule has 3 heteroatoms. The van der Waals surface area contributed by atoms with Crippen LogP contribution < -0.4 is 5.32 Å². The summed E-state index contributed by atoms with van der Waals surface area (Å²) in [6, 6.07) is 0.836. The molecule has 0 aromatic rings. The molecule has 0 amide bonds. The second kappa shape index (κ2) is 5.96. The summed E-state index contributed by atoms with van der Waals surface area (Å²) in [6.07, 6.45) is 4.98. The number of nitrogens with one attached hydrogen (secondary N) is 1. The molecule has 2 atom stereocenters. The van der Waals surface area contributed by atoms with Gasteiger partial charge in [-0.15, -0.1) is 0 Å². The van der Waals surface area contributed by atoms with E-state index in [2.05, 4.69) is 19.2 Å². The fourth-order valence-electron chi connectivity index (χ4n) is 2.99. The minimum atomic E-state index is 0.294. The van der Waals surface area contributed by atoms with Crippen LogP contribution in [-0.4, -0.2) is 31.1 Å². The topological polar surface area (TPSA) is 38.3 Å². The first-order chi connectivity index (χ1) is 8.15. The van der Waals surface area contributed by atoms with E-state index in [4.69, 9.17) is 4.74 Å². The summed E-state index contributed by atoms with van der Waals surface area (Å²) in [5.74, 6) is 1.50. The molecule has 2 bridgehead atoms. The van der Waals surface area contributed by atoms with Crippen LogP contribution in [0, 0.1) is 11.8 Å². The molecule has 2 heterocycles. The van der Waals surface area contributed by atoms with E-state index in [0.29, 0.717) is 29.7 Å². The lowest BCUT2D eigenvalue weighted by molar-refractivity contribution is -0.126. The number of ketones is 1. The fraction of sp³-hybridized carbons (Fsp3) is 0.929. The molecule has 0 saturated carbocycles. The van der Waals surface area contributed by atoms with Gasteiger partial charge >= 0.3 is 0 Å². The highest BCUT2D eigenvalue weighted by Gasteiger charge is 2.34. The van der Waals surface area contributed by atoms with Crippen molar-refractivity contribution in [3.8, 4) is 0 Å². The first-order valence-corrected chi connectivity index (χ1v) is 7.01. The zero-order valence-corrected chi connectivity index (χ0v) is 11.1. The molecule has 0 aromatic heterocycles. The Labute approximate surface area is 104 Å². The summed E-state index contributed by atoms with van der Waals surface area (Å²) >= 11 is 0. The van der Waals surface area contributed by atoms with Crippen molar-refractivity contribution in [2.75, 3.05) is 13.2 Å². The lowest BCUT2D eigenvalue weighted by Gasteiger charge is -2.39. The van der Waals surface area contributed by atoms with Crippen molar-refractivity contribution in [3.63, 3.8) is 0 Å². The van der Waals surface area contributed by atoms with Crippen LogP contribution in [0.15, 0.2) is 0 Å². The van der Waals surface area contributed by atoms with E-state index in [-0.39, 0.29) is 0 Å². The second-order valence-electron chi connectivity index (χ2n) is 6.02. The second-order valence-corrected chi connectivity index (χ2v) is 6.02. The lowest BCUT2D eigenvalue weighted by atomic mass is 9.82. The van der Waals surface area contributed by atoms with E-state index in [9.17, 15) is 4.79 Å². The van der Waals surface area contributed by atoms with Crippen molar-refractivity contribution < 1.29 is 9.53 Å². The van der Waals surface area contributed by atoms with Crippen molar-refractivity contribution in [2.45, 2.75) is 58.0 Å². The summed E-state index contributed by atoms with van der Waals surface area (Å²) in [6.45, 7) is 6.01. The molecule has 0 spiro atoms. The first-order valence-electron chi connectivity index (χ1n) is 7.01. The van der Waals surface area contributed by atoms with Gasteiger partial charge in [0.1, 0.15) is 5.78 Å². The van der Waals surface area contributed by atoms with Crippen molar-refractivity contribution in [1.29, 1.82) is 0 Å². The molecule has 2 aliphatic heterocycles. The molecule has 0 aliphatic carbocycles. The van der Waals surface area contributed by atoms with Crippen molar-refractivity contribution >= 4 is 5.78 Å². The van der Waals surface area contributed by atoms with Crippen LogP contribution >= 0.6 is 0 Å². The van der Waals surface area contributed by atoms with Crippen molar-refractivity contribution in [1.82, 2.24) is 5.32 Å². The Morgan fingerprint density at radius 2 is 1.94 bits per heavy atom. The molecular weight excluding hydrogens is 214 g/mol. The zero-order chi connectivity index (χ0) is 12.3. The van der Waals surface area contributed by atoms with Gasteiger partial charge in [0.15, 0.2) is 0 Å². The lowest BCUT2D eigenvalue weighted by Crippen LogP contribution is -2.55. The Balaban J connectivity index is 1.75. The van der Waals surface area contributed by atoms with Gasteiger partial charge in [-0.25, -0.2) is 0 Å². The molecule has 98 valence electrons. The van der Waals surface area contributed by atoms with Crippen molar-refractivity contribution in [2.24, 2.45) is 11.8 Å². The Hall–Kier alpha value is -0.410. The number of fused-ring (bicyclic) bond motifs is 2. The standard InChI is InChI=1S/C14H25NO2/c1-10(2)4-3-5-14(16)11-6-12-8-17-9-13(7-11)15-12/h10-13,15H,3-9H2,1-2H3. The van der Waals surface area contributed by atoms with E-state index < -0.39 is 0 Å². The van der Waals surface area contributed by atoms with Gasteiger partial charge in [-0.2, -0.15) is 0 Å². The minimum absolute atomic E-state index is 0.294. The van der Waals surface area contributed by atoms with E-state index in [1.807, 2.05) is 0 Å². The number of piperidine rings is 1. The van der Waals surface area contributed by atoms with Gasteiger partial charge in [-0.3, -0.25) is 4.79 Å². The van der Waals surface area contributed by atoms with Crippen molar-refractivity contribution in [3.05, 3.63) is 0 Å². The highest BCUT2D eigenvalue weighted by Crippen LogP contribution is 2.26. The third-order valence-corrected chi connectivity index (χ3v) is 3.91. The quantitative estimate of drug-likeness (QED) is 0.799. The molecule has 0 aromatic carbocycles. The smallest absolute Gasteiger partial charge is 0.136 e. The molecule has 0 radical (unpaired) electrons. The van der Waals surface area contributed by atoms with Crippen LogP contribution in [0.2, 0.25) is 0 Å². The van der Waals surface area contributed by atoms with E-state index in [1.54, 1.807) is 0 Å². The Bertz CT molecular complexity index is 253. The summed E-state index contributed by atoms with van der Waals surface area (Å²) in [5, 5.41) is 3.53. The van der Waals surface area contributed by atoms with Gasteiger partial charge < -0.3 is 10.1 Å². The van der Waals surface area contributed by atoms with Gasteiger partial charge in [-0.1, -0.05) is 20.3 Å². The van der Waals surface area contributed by atoms with Crippen LogP contribution in [0.5, 0.6) is 0 Å². The maximum atomic E-state index is 12.1. The minimum Gasteiger partial charge on any atom is -0.378 e. The van der Waals surface area contributed by atoms with Crippen LogP contribution in [0.3, 0.4) is 0 Å². The number of Topliss-reactive ketones (excluding diaryl/α,β-unsaturated/α-hetero) is 1. The van der Waals surface area contributed by atoms with Gasteiger partial charge in [0.05, 0.1) is 13.2 Å². The first kappa shape index (κ1) is 13.0. The van der Waals surface area contributed by atoms with Crippen LogP contribution in [0.4, 0.5) is 0 Å². The highest BCUT2D eigenvalue weighted by atomic mass is 16.5. The van der Waals surface area contributed by atoms with Gasteiger partial charge in [0, 0.05) is 24.4 Å². The Kier molecular flexibility index (Phi) is 4.57. The maximum Gasteiger partial charge on any atom is 0.136 e. The average molecular weight is 239 g/mol. The Morgan fingerprint density at radius 3 is 2.53 bits per heavy atom. The van der Waals surface area contributed by atoms with Crippen LogP contribution in [0.25, 0.3) is 0 Å². The van der Waals surface area contributed by atoms with E-state index >= 15 is 0 Å². The fourth-order valence-corrected chi connectivity index (χ4v) is 2.99. The van der Waals surface area contributed by atoms with Crippen LogP contribution in [-0.2, 0) is 9.53 Å². The normalized spacial score (nSPS) is 32.8. The zero-order valence-electron chi connectivity index (χ0n) is 11.1. The van der Waals surface area contributed by atoms with E-state index in [0.717, 1.165) is 38.9 Å². The molecule has 2 rings (SSSR count). The largest absolute Gasteiger partial charge is 0.378 e. The molecule has 2 aliphatic rings. The molecule has 2 saturated heterocycles. The molecule has 1 N–H and O–H groups in total. The number of morpholine rings is 1. The van der Waals surface area contributed by atoms with E-state index in [1.165, 1.54) is 6.42 Å². The number of ether oxygens (including phenoxy) is 1. The number of hydrogen-bond donors (Lipinski definition) is 1. The average Bonchev–Trinajstić information content (AvgIpc) is 2.27.